The topological polar surface area (TPSA) is 0 Å². The minimum absolute atomic E-state index is 0.561. The van der Waals surface area contributed by atoms with E-state index in [1.165, 1.54) is 19.3 Å². The van der Waals surface area contributed by atoms with E-state index in [0.717, 1.165) is 17.6 Å². The predicted octanol–water partition coefficient (Wildman–Crippen LogP) is 3.76. The van der Waals surface area contributed by atoms with Gasteiger partial charge in [0.1, 0.15) is 0 Å². The highest BCUT2D eigenvalue weighted by atomic mass is 35.5. The molecule has 0 aromatic carbocycles. The van der Waals surface area contributed by atoms with Gasteiger partial charge in [-0.05, 0) is 25.3 Å². The molecule has 0 unspecified atom stereocenters. The van der Waals surface area contributed by atoms with Crippen LogP contribution in [0.3, 0.4) is 0 Å². The second kappa shape index (κ2) is 7.25. The molecule has 0 aromatic heterocycles. The van der Waals surface area contributed by atoms with E-state index >= 15 is 0 Å². The van der Waals surface area contributed by atoms with Crippen molar-refractivity contribution in [3.05, 3.63) is 11.1 Å². The van der Waals surface area contributed by atoms with Crippen molar-refractivity contribution < 1.29 is 0 Å². The number of rotatable bonds is 5. The lowest BCUT2D eigenvalue weighted by Crippen LogP contribution is -1.88. The fraction of sp³-hybridized carbons (Fsp3) is 0.636. The number of alkyl halides is 1. The molecule has 0 saturated carbocycles. The van der Waals surface area contributed by atoms with Crippen molar-refractivity contribution in [1.82, 2.24) is 0 Å². The second-order valence-electron chi connectivity index (χ2n) is 2.99. The zero-order valence-electron chi connectivity index (χ0n) is 7.99. The summed E-state index contributed by atoms with van der Waals surface area (Å²) in [7, 11) is 0. The molecule has 0 saturated heterocycles. The van der Waals surface area contributed by atoms with Gasteiger partial charge < -0.3 is 0 Å². The standard InChI is InChI=1S/C11H17Cl/c1-4-6-7-8-11(5-2)10(3)9-12/h2H,4,6-9H2,1,3H3/b11-10-. The van der Waals surface area contributed by atoms with Crippen molar-refractivity contribution in [2.24, 2.45) is 0 Å². The van der Waals surface area contributed by atoms with E-state index in [4.69, 9.17) is 18.0 Å². The van der Waals surface area contributed by atoms with Crippen LogP contribution in [0.4, 0.5) is 0 Å². The average Bonchev–Trinajstić information content (AvgIpc) is 2.11. The minimum Gasteiger partial charge on any atom is -0.122 e. The van der Waals surface area contributed by atoms with Gasteiger partial charge in [-0.25, -0.2) is 0 Å². The lowest BCUT2D eigenvalue weighted by molar-refractivity contribution is 0.718. The predicted molar refractivity (Wildman–Crippen MR) is 56.4 cm³/mol. The SMILES string of the molecule is C#C/C(CCCCC)=C(\C)CCl. The Hall–Kier alpha value is -0.410. The molecule has 0 nitrogen and oxygen atoms in total. The van der Waals surface area contributed by atoms with Gasteiger partial charge in [0.2, 0.25) is 0 Å². The van der Waals surface area contributed by atoms with Gasteiger partial charge in [-0.1, -0.05) is 25.7 Å². The summed E-state index contributed by atoms with van der Waals surface area (Å²) in [6.45, 7) is 4.20. The van der Waals surface area contributed by atoms with Crippen LogP contribution in [0.2, 0.25) is 0 Å². The van der Waals surface area contributed by atoms with E-state index in [1.807, 2.05) is 6.92 Å². The normalized spacial score (nSPS) is 12.2. The molecule has 68 valence electrons. The Kier molecular flexibility index (Phi) is 7.00. The van der Waals surface area contributed by atoms with Crippen molar-refractivity contribution >= 4 is 11.6 Å². The molecule has 0 aliphatic carbocycles. The largest absolute Gasteiger partial charge is 0.122 e. The zero-order chi connectivity index (χ0) is 9.40. The number of terminal acetylenes is 1. The van der Waals surface area contributed by atoms with Crippen molar-refractivity contribution in [2.75, 3.05) is 5.88 Å². The summed E-state index contributed by atoms with van der Waals surface area (Å²) in [6, 6.07) is 0. The summed E-state index contributed by atoms with van der Waals surface area (Å²) < 4.78 is 0. The van der Waals surface area contributed by atoms with Gasteiger partial charge in [-0.3, -0.25) is 0 Å². The van der Waals surface area contributed by atoms with Gasteiger partial charge in [0.25, 0.3) is 0 Å². The van der Waals surface area contributed by atoms with Crippen molar-refractivity contribution in [2.45, 2.75) is 39.5 Å². The quantitative estimate of drug-likeness (QED) is 0.347. The summed E-state index contributed by atoms with van der Waals surface area (Å²) in [6.07, 6.45) is 10.1. The van der Waals surface area contributed by atoms with Crippen LogP contribution in [0.25, 0.3) is 0 Å². The van der Waals surface area contributed by atoms with Gasteiger partial charge in [0.15, 0.2) is 0 Å². The highest BCUT2D eigenvalue weighted by Gasteiger charge is 1.97. The third kappa shape index (κ3) is 4.46. The molecule has 0 atom stereocenters. The molecule has 0 rings (SSSR count). The number of unbranched alkanes of at least 4 members (excludes halogenated alkanes) is 2. The maximum atomic E-state index is 5.68. The van der Waals surface area contributed by atoms with E-state index in [9.17, 15) is 0 Å². The summed E-state index contributed by atoms with van der Waals surface area (Å²) in [5.74, 6) is 3.27. The molecule has 0 fully saturated rings. The van der Waals surface area contributed by atoms with Gasteiger partial charge >= 0.3 is 0 Å². The van der Waals surface area contributed by atoms with E-state index in [0.29, 0.717) is 5.88 Å². The lowest BCUT2D eigenvalue weighted by Gasteiger charge is -2.02. The molecule has 0 heterocycles. The highest BCUT2D eigenvalue weighted by Crippen LogP contribution is 2.13. The molecular formula is C11H17Cl. The van der Waals surface area contributed by atoms with Crippen LogP contribution in [0.15, 0.2) is 11.1 Å². The lowest BCUT2D eigenvalue weighted by atomic mass is 10.0. The maximum absolute atomic E-state index is 5.68. The molecule has 1 heteroatoms. The number of allylic oxidation sites excluding steroid dienone is 2. The fourth-order valence-corrected chi connectivity index (χ4v) is 1.20. The Morgan fingerprint density at radius 3 is 2.50 bits per heavy atom. The van der Waals surface area contributed by atoms with Crippen LogP contribution in [-0.4, -0.2) is 5.88 Å². The van der Waals surface area contributed by atoms with Crippen LogP contribution in [0.5, 0.6) is 0 Å². The van der Waals surface area contributed by atoms with Crippen LogP contribution < -0.4 is 0 Å². The molecule has 0 bridgehead atoms. The highest BCUT2D eigenvalue weighted by molar-refractivity contribution is 6.19. The van der Waals surface area contributed by atoms with Gasteiger partial charge in [0, 0.05) is 11.5 Å². The van der Waals surface area contributed by atoms with Crippen LogP contribution in [0, 0.1) is 12.3 Å². The second-order valence-corrected chi connectivity index (χ2v) is 3.26. The summed E-state index contributed by atoms with van der Waals surface area (Å²) in [5.41, 5.74) is 2.24. The van der Waals surface area contributed by atoms with Gasteiger partial charge in [-0.2, -0.15) is 0 Å². The molecule has 0 aromatic rings. The zero-order valence-corrected chi connectivity index (χ0v) is 8.75. The van der Waals surface area contributed by atoms with Crippen molar-refractivity contribution in [3.8, 4) is 12.3 Å². The molecule has 0 aliphatic rings. The number of hydrogen-bond acceptors (Lipinski definition) is 0. The summed E-state index contributed by atoms with van der Waals surface area (Å²) >= 11 is 5.68. The first-order valence-corrected chi connectivity index (χ1v) is 5.00. The Morgan fingerprint density at radius 2 is 2.08 bits per heavy atom. The number of hydrogen-bond donors (Lipinski definition) is 0. The molecule has 0 aliphatic heterocycles. The Morgan fingerprint density at radius 1 is 1.42 bits per heavy atom. The first-order valence-electron chi connectivity index (χ1n) is 4.47. The van der Waals surface area contributed by atoms with E-state index < -0.39 is 0 Å². The Labute approximate surface area is 81.0 Å². The monoisotopic (exact) mass is 184 g/mol. The maximum Gasteiger partial charge on any atom is 0.0442 e. The fourth-order valence-electron chi connectivity index (χ4n) is 1.04. The third-order valence-corrected chi connectivity index (χ3v) is 2.32. The molecule has 0 radical (unpaired) electrons. The third-order valence-electron chi connectivity index (χ3n) is 1.92. The van der Waals surface area contributed by atoms with E-state index in [-0.39, 0.29) is 0 Å². The first kappa shape index (κ1) is 11.6. The average molecular weight is 185 g/mol. The van der Waals surface area contributed by atoms with Gasteiger partial charge in [-0.15, -0.1) is 18.0 Å². The first-order chi connectivity index (χ1) is 5.76. The van der Waals surface area contributed by atoms with Crippen molar-refractivity contribution in [1.29, 1.82) is 0 Å². The van der Waals surface area contributed by atoms with E-state index in [2.05, 4.69) is 12.8 Å². The Bertz CT molecular complexity index is 184. The number of halogens is 1. The van der Waals surface area contributed by atoms with Gasteiger partial charge in [0.05, 0.1) is 0 Å². The molecular weight excluding hydrogens is 168 g/mol. The minimum atomic E-state index is 0.561. The Balaban J connectivity index is 3.94. The van der Waals surface area contributed by atoms with Crippen LogP contribution in [-0.2, 0) is 0 Å². The van der Waals surface area contributed by atoms with E-state index in [1.54, 1.807) is 0 Å². The van der Waals surface area contributed by atoms with Crippen molar-refractivity contribution in [3.63, 3.8) is 0 Å². The molecule has 0 amide bonds. The smallest absolute Gasteiger partial charge is 0.0442 e. The molecule has 0 spiro atoms. The summed E-state index contributed by atoms with van der Waals surface area (Å²) in [4.78, 5) is 0. The summed E-state index contributed by atoms with van der Waals surface area (Å²) in [5, 5.41) is 0. The molecule has 0 N–H and O–H groups in total. The van der Waals surface area contributed by atoms with Crippen LogP contribution in [0.1, 0.15) is 39.5 Å². The van der Waals surface area contributed by atoms with Crippen LogP contribution >= 0.6 is 11.6 Å². The molecule has 12 heavy (non-hydrogen) atoms.